The number of hydrogen-bond donors (Lipinski definition) is 0. The molecule has 0 saturated carbocycles. The maximum absolute atomic E-state index is 3.69. The van der Waals surface area contributed by atoms with Gasteiger partial charge >= 0.3 is 0 Å². The van der Waals surface area contributed by atoms with Gasteiger partial charge in [-0.2, -0.15) is 0 Å². The Hall–Kier alpha value is -0.840. The zero-order valence-corrected chi connectivity index (χ0v) is 16.3. The molecule has 1 atom stereocenters. The number of benzene rings is 1. The Morgan fingerprint density at radius 1 is 1.05 bits per heavy atom. The van der Waals surface area contributed by atoms with E-state index in [1.54, 1.807) is 0 Å². The Balaban J connectivity index is 2.10. The summed E-state index contributed by atoms with van der Waals surface area (Å²) < 4.78 is 4.59. The molecule has 0 radical (unpaired) electrons. The fourth-order valence-electron chi connectivity index (χ4n) is 3.05. The molecule has 0 spiro atoms. The largest absolute Gasteiger partial charge is 0.310 e. The van der Waals surface area contributed by atoms with Crippen molar-refractivity contribution in [1.82, 2.24) is 4.57 Å². The predicted octanol–water partition coefficient (Wildman–Crippen LogP) is 4.43. The first-order valence-corrected chi connectivity index (χ1v) is 9.55. The topological polar surface area (TPSA) is 4.93 Å². The summed E-state index contributed by atoms with van der Waals surface area (Å²) in [5, 5.41) is 2.53. The molecule has 1 aromatic heterocycles. The van der Waals surface area contributed by atoms with Gasteiger partial charge in [-0.15, -0.1) is 0 Å². The van der Waals surface area contributed by atoms with E-state index in [1.165, 1.54) is 27.5 Å². The number of rotatable bonds is 1. The molecular formula is C18H12Br3N. The highest BCUT2D eigenvalue weighted by atomic mass is 79.9. The normalized spacial score (nSPS) is 18.9. The van der Waals surface area contributed by atoms with Crippen molar-refractivity contribution < 1.29 is 0 Å². The fraction of sp³-hybridized carbons (Fsp3) is 0.111. The minimum atomic E-state index is 0.280. The molecule has 0 fully saturated rings. The molecule has 4 rings (SSSR count). The van der Waals surface area contributed by atoms with Crippen LogP contribution in [0.15, 0.2) is 45.4 Å². The van der Waals surface area contributed by atoms with Gasteiger partial charge in [-0.1, -0.05) is 66.0 Å². The van der Waals surface area contributed by atoms with E-state index in [-0.39, 0.29) is 4.83 Å². The lowest BCUT2D eigenvalue weighted by Gasteiger charge is -2.09. The van der Waals surface area contributed by atoms with Crippen molar-refractivity contribution >= 4 is 66.0 Å². The van der Waals surface area contributed by atoms with Crippen LogP contribution < -0.4 is 10.7 Å². The molecule has 0 saturated heterocycles. The second-order valence-corrected chi connectivity index (χ2v) is 8.27. The molecule has 22 heavy (non-hydrogen) atoms. The molecule has 1 nitrogen and oxygen atoms in total. The standard InChI is InChI=1S/C18H12Br3N/c19-11-1-5-14(6-2-11)22-17-9-12(20)3-7-15(17)16-8-4-13(21)10-18(16)22/h1-7,9-10,12H,8H2. The second-order valence-electron chi connectivity index (χ2n) is 5.38. The minimum absolute atomic E-state index is 0.280. The number of hydrogen-bond acceptors (Lipinski definition) is 0. The first kappa shape index (κ1) is 14.7. The number of allylic oxidation sites excluding steroid dienone is 3. The lowest BCUT2D eigenvalue weighted by molar-refractivity contribution is 0.976. The monoisotopic (exact) mass is 479 g/mol. The third kappa shape index (κ3) is 2.41. The lowest BCUT2D eigenvalue weighted by atomic mass is 10.0. The summed E-state index contributed by atoms with van der Waals surface area (Å²) in [6, 6.07) is 8.48. The summed E-state index contributed by atoms with van der Waals surface area (Å²) in [6.07, 6.45) is 12.1. The van der Waals surface area contributed by atoms with E-state index in [1.807, 2.05) is 0 Å². The first-order valence-electron chi connectivity index (χ1n) is 7.04. The van der Waals surface area contributed by atoms with Crippen LogP contribution >= 0.6 is 47.8 Å². The van der Waals surface area contributed by atoms with Crippen LogP contribution in [0.4, 0.5) is 0 Å². The van der Waals surface area contributed by atoms with Crippen LogP contribution in [0.2, 0.25) is 0 Å². The molecule has 0 amide bonds. The number of alkyl halides is 1. The summed E-state index contributed by atoms with van der Waals surface area (Å²) in [5.74, 6) is 0. The van der Waals surface area contributed by atoms with Crippen molar-refractivity contribution in [2.24, 2.45) is 0 Å². The van der Waals surface area contributed by atoms with Crippen LogP contribution in [-0.2, 0) is 6.42 Å². The number of aromatic nitrogens is 1. The zero-order chi connectivity index (χ0) is 15.3. The molecule has 110 valence electrons. The summed E-state index contributed by atoms with van der Waals surface area (Å²) in [5.41, 5.74) is 3.92. The van der Waals surface area contributed by atoms with Crippen LogP contribution in [0.5, 0.6) is 0 Å². The highest BCUT2D eigenvalue weighted by molar-refractivity contribution is 9.12. The number of nitrogens with zero attached hydrogens (tertiary/aromatic N) is 1. The van der Waals surface area contributed by atoms with E-state index in [9.17, 15) is 0 Å². The van der Waals surface area contributed by atoms with E-state index in [2.05, 4.69) is 107 Å². The number of fused-ring (bicyclic) bond motifs is 3. The Morgan fingerprint density at radius 3 is 2.59 bits per heavy atom. The molecule has 2 aliphatic rings. The Labute approximate surface area is 154 Å². The molecule has 0 bridgehead atoms. The van der Waals surface area contributed by atoms with Crippen molar-refractivity contribution in [1.29, 1.82) is 0 Å². The predicted molar refractivity (Wildman–Crippen MR) is 104 cm³/mol. The van der Waals surface area contributed by atoms with E-state index in [0.717, 1.165) is 15.4 Å². The third-order valence-corrected chi connectivity index (χ3v) is 5.67. The summed E-state index contributed by atoms with van der Waals surface area (Å²) in [4.78, 5) is 0.280. The van der Waals surface area contributed by atoms with Crippen molar-refractivity contribution in [3.05, 3.63) is 67.2 Å². The highest BCUT2D eigenvalue weighted by Gasteiger charge is 2.18. The molecule has 1 unspecified atom stereocenters. The summed E-state index contributed by atoms with van der Waals surface area (Å²) in [6.45, 7) is 0. The maximum atomic E-state index is 3.69. The SMILES string of the molecule is BrC1=CCc2c3c(n(-c4ccc(Br)cc4)c2=C1)=CC(Br)C=C3. The molecule has 1 aromatic carbocycles. The minimum Gasteiger partial charge on any atom is -0.310 e. The van der Waals surface area contributed by atoms with Crippen molar-refractivity contribution in [2.45, 2.75) is 11.2 Å². The quantitative estimate of drug-likeness (QED) is 0.531. The van der Waals surface area contributed by atoms with Gasteiger partial charge in [0.25, 0.3) is 0 Å². The average Bonchev–Trinajstić information content (AvgIpc) is 2.80. The molecule has 0 aliphatic heterocycles. The molecule has 0 N–H and O–H groups in total. The molecule has 4 heteroatoms. The third-order valence-electron chi connectivity index (χ3n) is 4.02. The van der Waals surface area contributed by atoms with Gasteiger partial charge in [0.15, 0.2) is 0 Å². The van der Waals surface area contributed by atoms with Crippen LogP contribution in [0.3, 0.4) is 0 Å². The average molecular weight is 482 g/mol. The first-order chi connectivity index (χ1) is 10.6. The van der Waals surface area contributed by atoms with Gasteiger partial charge in [0.2, 0.25) is 0 Å². The number of halogens is 3. The van der Waals surface area contributed by atoms with Gasteiger partial charge in [0.1, 0.15) is 0 Å². The fourth-order valence-corrected chi connectivity index (χ4v) is 4.09. The Bertz CT molecular complexity index is 930. The van der Waals surface area contributed by atoms with Gasteiger partial charge < -0.3 is 4.57 Å². The van der Waals surface area contributed by atoms with Gasteiger partial charge in [0, 0.05) is 20.2 Å². The van der Waals surface area contributed by atoms with Crippen molar-refractivity contribution in [3.63, 3.8) is 0 Å². The van der Waals surface area contributed by atoms with Gasteiger partial charge in [-0.3, -0.25) is 0 Å². The van der Waals surface area contributed by atoms with Crippen molar-refractivity contribution in [2.75, 3.05) is 0 Å². The van der Waals surface area contributed by atoms with Gasteiger partial charge in [-0.05, 0) is 48.4 Å². The van der Waals surface area contributed by atoms with Crippen LogP contribution in [0.1, 0.15) is 11.1 Å². The molecule has 2 aliphatic carbocycles. The van der Waals surface area contributed by atoms with E-state index in [4.69, 9.17) is 0 Å². The van der Waals surface area contributed by atoms with E-state index >= 15 is 0 Å². The van der Waals surface area contributed by atoms with Gasteiger partial charge in [-0.25, -0.2) is 0 Å². The highest BCUT2D eigenvalue weighted by Crippen LogP contribution is 2.21. The maximum Gasteiger partial charge on any atom is 0.0532 e. The zero-order valence-electron chi connectivity index (χ0n) is 11.6. The van der Waals surface area contributed by atoms with Crippen LogP contribution in [0.25, 0.3) is 23.9 Å². The van der Waals surface area contributed by atoms with Crippen molar-refractivity contribution in [3.8, 4) is 5.69 Å². The Morgan fingerprint density at radius 2 is 1.82 bits per heavy atom. The smallest absolute Gasteiger partial charge is 0.0532 e. The lowest BCUT2D eigenvalue weighted by Crippen LogP contribution is -2.28. The molecular weight excluding hydrogens is 470 g/mol. The molecule has 1 heterocycles. The van der Waals surface area contributed by atoms with Crippen LogP contribution in [0, 0.1) is 0 Å². The summed E-state index contributed by atoms with van der Waals surface area (Å²) >= 11 is 10.8. The van der Waals surface area contributed by atoms with Gasteiger partial charge in [0.05, 0.1) is 15.5 Å². The van der Waals surface area contributed by atoms with E-state index < -0.39 is 0 Å². The van der Waals surface area contributed by atoms with Crippen LogP contribution in [-0.4, -0.2) is 9.39 Å². The Kier molecular flexibility index (Phi) is 3.79. The molecule has 2 aromatic rings. The summed E-state index contributed by atoms with van der Waals surface area (Å²) in [7, 11) is 0. The van der Waals surface area contributed by atoms with E-state index in [0.29, 0.717) is 0 Å². The second kappa shape index (κ2) is 5.66.